The lowest BCUT2D eigenvalue weighted by atomic mass is 9.87. The number of para-hydroxylation sites is 1. The number of imide groups is 1. The van der Waals surface area contributed by atoms with E-state index in [1.807, 2.05) is 0 Å². The Morgan fingerprint density at radius 2 is 1.00 bits per heavy atom. The summed E-state index contributed by atoms with van der Waals surface area (Å²) in [4.78, 5) is 24.4. The SMILES string of the molecule is Cc1cccc(CCC(F)(F)C(F)(F)C(F)(F)C(F)(F)C(F)(F)C(F)(F)C(F)(F)C(F)(F)F)c1N1C(=O)CCC1=O. The Morgan fingerprint density at radius 3 is 1.41 bits per heavy atom. The zero-order chi connectivity index (χ0) is 32.4. The lowest BCUT2D eigenvalue weighted by Gasteiger charge is -2.42. The Bertz CT molecular complexity index is 1170. The van der Waals surface area contributed by atoms with Crippen LogP contribution in [0.2, 0.25) is 0 Å². The van der Waals surface area contributed by atoms with Crippen molar-refractivity contribution in [2.75, 3.05) is 4.90 Å². The summed E-state index contributed by atoms with van der Waals surface area (Å²) >= 11 is 0. The molecule has 0 radical (unpaired) electrons. The van der Waals surface area contributed by atoms with E-state index in [4.69, 9.17) is 0 Å². The minimum atomic E-state index is -8.69. The van der Waals surface area contributed by atoms with E-state index < -0.39 is 96.4 Å². The number of amides is 2. The highest BCUT2D eigenvalue weighted by Gasteiger charge is 2.95. The molecule has 0 bridgehead atoms. The number of carbonyl (C=O) groups is 2. The fourth-order valence-corrected chi connectivity index (χ4v) is 3.71. The van der Waals surface area contributed by atoms with Crippen LogP contribution in [0, 0.1) is 6.92 Å². The van der Waals surface area contributed by atoms with Crippen LogP contribution in [0.15, 0.2) is 18.2 Å². The molecule has 0 unspecified atom stereocenters. The molecule has 20 heteroatoms. The number of nitrogens with zero attached hydrogens (tertiary/aromatic N) is 1. The molecule has 0 atom stereocenters. The van der Waals surface area contributed by atoms with E-state index in [-0.39, 0.29) is 5.56 Å². The highest BCUT2D eigenvalue weighted by atomic mass is 19.4. The maximum atomic E-state index is 14.3. The number of benzene rings is 1. The minimum Gasteiger partial charge on any atom is -0.274 e. The highest BCUT2D eigenvalue weighted by molar-refractivity contribution is 6.20. The molecular formula is C21H14F17NO2. The summed E-state index contributed by atoms with van der Waals surface area (Å²) < 4.78 is 229. The van der Waals surface area contributed by atoms with Gasteiger partial charge in [-0.2, -0.15) is 74.6 Å². The van der Waals surface area contributed by atoms with Crippen molar-refractivity contribution in [1.29, 1.82) is 0 Å². The smallest absolute Gasteiger partial charge is 0.274 e. The van der Waals surface area contributed by atoms with Crippen LogP contribution >= 0.6 is 0 Å². The lowest BCUT2D eigenvalue weighted by molar-refractivity contribution is -0.461. The molecule has 1 fully saturated rings. The van der Waals surface area contributed by atoms with Crippen LogP contribution in [0.5, 0.6) is 0 Å². The second kappa shape index (κ2) is 9.88. The van der Waals surface area contributed by atoms with Crippen molar-refractivity contribution in [3.8, 4) is 0 Å². The first-order valence-corrected chi connectivity index (χ1v) is 10.7. The van der Waals surface area contributed by atoms with Gasteiger partial charge < -0.3 is 0 Å². The van der Waals surface area contributed by atoms with E-state index in [1.54, 1.807) is 0 Å². The van der Waals surface area contributed by atoms with E-state index in [0.29, 0.717) is 4.90 Å². The largest absolute Gasteiger partial charge is 0.460 e. The average molecular weight is 635 g/mol. The van der Waals surface area contributed by atoms with Crippen LogP contribution in [-0.4, -0.2) is 59.4 Å². The van der Waals surface area contributed by atoms with Crippen LogP contribution in [-0.2, 0) is 16.0 Å². The summed E-state index contributed by atoms with van der Waals surface area (Å²) in [6.07, 6.45) is -12.9. The first kappa shape index (κ1) is 34.4. The van der Waals surface area contributed by atoms with Gasteiger partial charge in [-0.3, -0.25) is 14.5 Å². The Hall–Kier alpha value is -2.83. The molecule has 2 rings (SSSR count). The molecule has 0 aromatic heterocycles. The zero-order valence-corrected chi connectivity index (χ0v) is 19.7. The number of rotatable bonds is 10. The Kier molecular flexibility index (Phi) is 8.28. The van der Waals surface area contributed by atoms with Gasteiger partial charge in [0.2, 0.25) is 11.8 Å². The molecule has 1 aliphatic heterocycles. The maximum absolute atomic E-state index is 14.3. The molecule has 2 amide bonds. The lowest BCUT2D eigenvalue weighted by Crippen LogP contribution is -2.74. The molecule has 41 heavy (non-hydrogen) atoms. The van der Waals surface area contributed by atoms with Crippen LogP contribution in [0.4, 0.5) is 80.3 Å². The van der Waals surface area contributed by atoms with E-state index in [9.17, 15) is 84.2 Å². The van der Waals surface area contributed by atoms with E-state index in [2.05, 4.69) is 0 Å². The average Bonchev–Trinajstić information content (AvgIpc) is 3.13. The standard InChI is InChI=1S/C21H14F17NO2/c1-9-3-2-4-10(13(9)39-11(40)5-6-12(39)41)7-8-14(22,23)15(24,25)16(26,27)17(28,29)18(30,31)19(32,33)20(34,35)21(36,37)38/h2-4H,5-8H2,1H3. The summed E-state index contributed by atoms with van der Waals surface area (Å²) in [5, 5.41) is 0. The van der Waals surface area contributed by atoms with Crippen LogP contribution in [0.3, 0.4) is 0 Å². The third-order valence-electron chi connectivity index (χ3n) is 6.09. The summed E-state index contributed by atoms with van der Waals surface area (Å²) in [5.74, 6) is -58.7. The maximum Gasteiger partial charge on any atom is 0.460 e. The highest BCUT2D eigenvalue weighted by Crippen LogP contribution is 2.64. The number of halogens is 17. The Balaban J connectivity index is 2.51. The quantitative estimate of drug-likeness (QED) is 0.196. The minimum absolute atomic E-state index is 0.0505. The monoisotopic (exact) mass is 635 g/mol. The number of alkyl halides is 17. The predicted octanol–water partition coefficient (Wildman–Crippen LogP) is 7.59. The molecule has 0 saturated carbocycles. The third kappa shape index (κ3) is 4.87. The molecule has 1 heterocycles. The van der Waals surface area contributed by atoms with Crippen molar-refractivity contribution in [2.24, 2.45) is 0 Å². The first-order chi connectivity index (χ1) is 18.0. The van der Waals surface area contributed by atoms with E-state index in [0.717, 1.165) is 25.1 Å². The van der Waals surface area contributed by atoms with Crippen molar-refractivity contribution in [1.82, 2.24) is 0 Å². The molecule has 234 valence electrons. The first-order valence-electron chi connectivity index (χ1n) is 10.7. The summed E-state index contributed by atoms with van der Waals surface area (Å²) in [6, 6.07) is 2.97. The Labute approximate surface area is 217 Å². The topological polar surface area (TPSA) is 37.4 Å². The molecule has 0 spiro atoms. The predicted molar refractivity (Wildman–Crippen MR) is 102 cm³/mol. The molecule has 0 N–H and O–H groups in total. The fourth-order valence-electron chi connectivity index (χ4n) is 3.71. The van der Waals surface area contributed by atoms with Gasteiger partial charge in [-0.1, -0.05) is 18.2 Å². The second-order valence-corrected chi connectivity index (χ2v) is 8.85. The number of anilines is 1. The summed E-state index contributed by atoms with van der Waals surface area (Å²) in [7, 11) is 0. The molecule has 1 saturated heterocycles. The molecular weight excluding hydrogens is 621 g/mol. The number of hydrogen-bond acceptors (Lipinski definition) is 2. The zero-order valence-electron chi connectivity index (χ0n) is 19.7. The Morgan fingerprint density at radius 1 is 0.610 bits per heavy atom. The van der Waals surface area contributed by atoms with Gasteiger partial charge >= 0.3 is 47.6 Å². The number of hydrogen-bond donors (Lipinski definition) is 0. The molecule has 3 nitrogen and oxygen atoms in total. The van der Waals surface area contributed by atoms with Crippen molar-refractivity contribution in [2.45, 2.75) is 80.2 Å². The second-order valence-electron chi connectivity index (χ2n) is 8.85. The molecule has 1 aliphatic rings. The van der Waals surface area contributed by atoms with Gasteiger partial charge in [0.1, 0.15) is 0 Å². The summed E-state index contributed by atoms with van der Waals surface area (Å²) in [6.45, 7) is 1.16. The van der Waals surface area contributed by atoms with Crippen LogP contribution in [0.25, 0.3) is 0 Å². The third-order valence-corrected chi connectivity index (χ3v) is 6.09. The van der Waals surface area contributed by atoms with Crippen LogP contribution in [0.1, 0.15) is 30.4 Å². The van der Waals surface area contributed by atoms with E-state index in [1.165, 1.54) is 0 Å². The van der Waals surface area contributed by atoms with Crippen molar-refractivity contribution < 1.29 is 84.2 Å². The van der Waals surface area contributed by atoms with E-state index >= 15 is 0 Å². The molecule has 1 aromatic carbocycles. The van der Waals surface area contributed by atoms with Gasteiger partial charge in [-0.15, -0.1) is 0 Å². The molecule has 1 aromatic rings. The molecule has 0 aliphatic carbocycles. The fraction of sp³-hybridized carbons (Fsp3) is 0.619. The van der Waals surface area contributed by atoms with Gasteiger partial charge in [-0.05, 0) is 24.5 Å². The van der Waals surface area contributed by atoms with Gasteiger partial charge in [0.05, 0.1) is 5.69 Å². The van der Waals surface area contributed by atoms with Gasteiger partial charge in [0, 0.05) is 19.3 Å². The van der Waals surface area contributed by atoms with Gasteiger partial charge in [-0.25, -0.2) is 0 Å². The van der Waals surface area contributed by atoms with Crippen molar-refractivity contribution in [3.05, 3.63) is 29.3 Å². The normalized spacial score (nSPS) is 17.1. The van der Waals surface area contributed by atoms with Gasteiger partial charge in [0.15, 0.2) is 0 Å². The number of aryl methyl sites for hydroxylation is 2. The summed E-state index contributed by atoms with van der Waals surface area (Å²) in [5.41, 5.74) is -1.19. The number of carbonyl (C=O) groups excluding carboxylic acids is 2. The van der Waals surface area contributed by atoms with Crippen molar-refractivity contribution in [3.63, 3.8) is 0 Å². The van der Waals surface area contributed by atoms with Crippen LogP contribution < -0.4 is 4.90 Å². The van der Waals surface area contributed by atoms with Gasteiger partial charge in [0.25, 0.3) is 0 Å². The van der Waals surface area contributed by atoms with Crippen molar-refractivity contribution >= 4 is 17.5 Å².